The number of urea groups is 1. The molecule has 86 valence electrons. The van der Waals surface area contributed by atoms with Gasteiger partial charge in [-0.15, -0.1) is 0 Å². The molecule has 0 aliphatic rings. The summed E-state index contributed by atoms with van der Waals surface area (Å²) in [5, 5.41) is 10.7. The summed E-state index contributed by atoms with van der Waals surface area (Å²) >= 11 is 0. The predicted molar refractivity (Wildman–Crippen MR) is 56.9 cm³/mol. The van der Waals surface area contributed by atoms with Crippen LogP contribution in [0.2, 0.25) is 0 Å². The molecule has 0 bridgehead atoms. The first-order chi connectivity index (χ1) is 7.58. The van der Waals surface area contributed by atoms with Crippen LogP contribution in [0.3, 0.4) is 0 Å². The molecule has 0 heterocycles. The van der Waals surface area contributed by atoms with Gasteiger partial charge in [0.2, 0.25) is 0 Å². The predicted octanol–water partition coefficient (Wildman–Crippen LogP) is 1.13. The summed E-state index contributed by atoms with van der Waals surface area (Å²) in [6, 6.07) is 6.56. The van der Waals surface area contributed by atoms with Crippen LogP contribution in [0.4, 0.5) is 10.5 Å². The third-order valence-corrected chi connectivity index (χ3v) is 1.64. The molecule has 0 aliphatic carbocycles. The number of carboxylic acid groups (broad SMARTS) is 1. The molecule has 0 spiro atoms. The van der Waals surface area contributed by atoms with Gasteiger partial charge in [-0.25, -0.2) is 15.1 Å². The Morgan fingerprint density at radius 1 is 1.44 bits per heavy atom. The molecule has 0 saturated heterocycles. The molecule has 6 nitrogen and oxygen atoms in total. The van der Waals surface area contributed by atoms with E-state index in [4.69, 9.17) is 5.11 Å². The van der Waals surface area contributed by atoms with Crippen molar-refractivity contribution in [2.75, 3.05) is 11.9 Å². The van der Waals surface area contributed by atoms with E-state index in [1.807, 2.05) is 18.5 Å². The minimum absolute atomic E-state index is 0.582. The quantitative estimate of drug-likeness (QED) is 0.669. The average molecular weight is 224 g/mol. The number of benzene rings is 1. The van der Waals surface area contributed by atoms with Crippen LogP contribution in [0.15, 0.2) is 24.3 Å². The van der Waals surface area contributed by atoms with Crippen LogP contribution in [0.5, 0.6) is 0 Å². The Kier molecular flexibility index (Phi) is 4.28. The SMILES string of the molecule is Cc1cccc(NC(=O)NOCC(=O)O)c1. The van der Waals surface area contributed by atoms with E-state index in [9.17, 15) is 9.59 Å². The number of carbonyl (C=O) groups is 2. The highest BCUT2D eigenvalue weighted by Crippen LogP contribution is 2.08. The van der Waals surface area contributed by atoms with Gasteiger partial charge in [-0.3, -0.25) is 4.84 Å². The van der Waals surface area contributed by atoms with Crippen molar-refractivity contribution in [3.8, 4) is 0 Å². The lowest BCUT2D eigenvalue weighted by Crippen LogP contribution is -2.30. The molecule has 1 aromatic rings. The Balaban J connectivity index is 2.37. The van der Waals surface area contributed by atoms with Gasteiger partial charge in [-0.2, -0.15) is 0 Å². The van der Waals surface area contributed by atoms with Crippen molar-refractivity contribution >= 4 is 17.7 Å². The third-order valence-electron chi connectivity index (χ3n) is 1.64. The number of hydrogen-bond donors (Lipinski definition) is 3. The molecule has 0 aliphatic heterocycles. The largest absolute Gasteiger partial charge is 0.479 e. The van der Waals surface area contributed by atoms with Gasteiger partial charge in [-0.1, -0.05) is 12.1 Å². The molecule has 0 unspecified atom stereocenters. The maximum absolute atomic E-state index is 11.2. The van der Waals surface area contributed by atoms with Crippen molar-refractivity contribution in [2.24, 2.45) is 0 Å². The zero-order valence-corrected chi connectivity index (χ0v) is 8.69. The van der Waals surface area contributed by atoms with Crippen molar-refractivity contribution in [3.63, 3.8) is 0 Å². The summed E-state index contributed by atoms with van der Waals surface area (Å²) in [5.41, 5.74) is 3.56. The van der Waals surface area contributed by atoms with Gasteiger partial charge in [0.05, 0.1) is 0 Å². The summed E-state index contributed by atoms with van der Waals surface area (Å²) in [7, 11) is 0. The molecule has 6 heteroatoms. The van der Waals surface area contributed by atoms with Crippen molar-refractivity contribution in [1.82, 2.24) is 5.48 Å². The number of rotatable bonds is 4. The third kappa shape index (κ3) is 4.43. The van der Waals surface area contributed by atoms with Crippen LogP contribution in [0, 0.1) is 6.92 Å². The van der Waals surface area contributed by atoms with E-state index in [0.717, 1.165) is 5.56 Å². The van der Waals surface area contributed by atoms with Crippen LogP contribution in [0.25, 0.3) is 0 Å². The molecule has 0 fully saturated rings. The number of hydroxylamine groups is 1. The number of aliphatic carboxylic acids is 1. The Morgan fingerprint density at radius 3 is 2.81 bits per heavy atom. The van der Waals surface area contributed by atoms with Crippen molar-refractivity contribution in [2.45, 2.75) is 6.92 Å². The summed E-state index contributed by atoms with van der Waals surface area (Å²) in [6.45, 7) is 1.31. The molecule has 1 rings (SSSR count). The lowest BCUT2D eigenvalue weighted by Gasteiger charge is -2.06. The number of hydrogen-bond acceptors (Lipinski definition) is 3. The second kappa shape index (κ2) is 5.72. The van der Waals surface area contributed by atoms with E-state index in [1.165, 1.54) is 0 Å². The maximum atomic E-state index is 11.2. The lowest BCUT2D eigenvalue weighted by atomic mass is 10.2. The highest BCUT2D eigenvalue weighted by Gasteiger charge is 2.02. The lowest BCUT2D eigenvalue weighted by molar-refractivity contribution is -0.143. The highest BCUT2D eigenvalue weighted by atomic mass is 16.7. The number of amides is 2. The van der Waals surface area contributed by atoms with Crippen LogP contribution in [-0.2, 0) is 9.63 Å². The maximum Gasteiger partial charge on any atom is 0.343 e. The van der Waals surface area contributed by atoms with Crippen LogP contribution >= 0.6 is 0 Å². The van der Waals surface area contributed by atoms with E-state index in [1.54, 1.807) is 18.2 Å². The van der Waals surface area contributed by atoms with Crippen LogP contribution in [-0.4, -0.2) is 23.7 Å². The summed E-state index contributed by atoms with van der Waals surface area (Å²) < 4.78 is 0. The molecule has 1 aromatic carbocycles. The molecular formula is C10H12N2O4. The van der Waals surface area contributed by atoms with Crippen molar-refractivity contribution in [3.05, 3.63) is 29.8 Å². The zero-order valence-electron chi connectivity index (χ0n) is 8.69. The zero-order chi connectivity index (χ0) is 12.0. The number of anilines is 1. The summed E-state index contributed by atoms with van der Waals surface area (Å²) in [5.74, 6) is -1.16. The molecule has 2 amide bonds. The first kappa shape index (κ1) is 12.0. The smallest absolute Gasteiger partial charge is 0.343 e. The van der Waals surface area contributed by atoms with Crippen molar-refractivity contribution < 1.29 is 19.5 Å². The highest BCUT2D eigenvalue weighted by molar-refractivity contribution is 5.88. The second-order valence-electron chi connectivity index (χ2n) is 3.11. The standard InChI is InChI=1S/C10H12N2O4/c1-7-3-2-4-8(5-7)11-10(15)12-16-6-9(13)14/h2-5H,6H2,1H3,(H,13,14)(H2,11,12,15). The Labute approximate surface area is 92.2 Å². The minimum Gasteiger partial charge on any atom is -0.479 e. The van der Waals surface area contributed by atoms with Gasteiger partial charge in [0.25, 0.3) is 0 Å². The van der Waals surface area contributed by atoms with Crippen LogP contribution < -0.4 is 10.8 Å². The summed E-state index contributed by atoms with van der Waals surface area (Å²) in [6.07, 6.45) is 0. The Bertz CT molecular complexity index is 392. The number of aryl methyl sites for hydroxylation is 1. The normalized spacial score (nSPS) is 9.56. The molecule has 16 heavy (non-hydrogen) atoms. The topological polar surface area (TPSA) is 87.7 Å². The molecule has 0 aromatic heterocycles. The van der Waals surface area contributed by atoms with E-state index >= 15 is 0 Å². The molecule has 3 N–H and O–H groups in total. The van der Waals surface area contributed by atoms with Gasteiger partial charge in [0.1, 0.15) is 0 Å². The minimum atomic E-state index is -1.16. The molecular weight excluding hydrogens is 212 g/mol. The molecule has 0 radical (unpaired) electrons. The molecule has 0 saturated carbocycles. The van der Waals surface area contributed by atoms with Crippen molar-refractivity contribution in [1.29, 1.82) is 0 Å². The molecule has 0 atom stereocenters. The van der Waals surface area contributed by atoms with Gasteiger partial charge in [0, 0.05) is 5.69 Å². The monoisotopic (exact) mass is 224 g/mol. The van der Waals surface area contributed by atoms with Gasteiger partial charge >= 0.3 is 12.0 Å². The first-order valence-electron chi connectivity index (χ1n) is 4.55. The van der Waals surface area contributed by atoms with E-state index in [0.29, 0.717) is 5.69 Å². The van der Waals surface area contributed by atoms with E-state index in [2.05, 4.69) is 10.2 Å². The van der Waals surface area contributed by atoms with E-state index < -0.39 is 18.6 Å². The van der Waals surface area contributed by atoms with Gasteiger partial charge in [-0.05, 0) is 24.6 Å². The summed E-state index contributed by atoms with van der Waals surface area (Å²) in [4.78, 5) is 25.6. The van der Waals surface area contributed by atoms with E-state index in [-0.39, 0.29) is 0 Å². The van der Waals surface area contributed by atoms with Crippen LogP contribution in [0.1, 0.15) is 5.56 Å². The number of nitrogens with one attached hydrogen (secondary N) is 2. The van der Waals surface area contributed by atoms with Gasteiger partial charge in [0.15, 0.2) is 6.61 Å². The fourth-order valence-corrected chi connectivity index (χ4v) is 1.04. The Hall–Kier alpha value is -2.08. The first-order valence-corrected chi connectivity index (χ1v) is 4.55. The number of carboxylic acids is 1. The average Bonchev–Trinajstić information content (AvgIpc) is 2.16. The van der Waals surface area contributed by atoms with Gasteiger partial charge < -0.3 is 10.4 Å². The fourth-order valence-electron chi connectivity index (χ4n) is 1.04. The fraction of sp³-hybridized carbons (Fsp3) is 0.200. The Morgan fingerprint density at radius 2 is 2.19 bits per heavy atom. The number of carbonyl (C=O) groups excluding carboxylic acids is 1. The second-order valence-corrected chi connectivity index (χ2v) is 3.11.